The van der Waals surface area contributed by atoms with Crippen molar-refractivity contribution in [1.82, 2.24) is 9.80 Å². The summed E-state index contributed by atoms with van der Waals surface area (Å²) in [7, 11) is 0. The Kier molecular flexibility index (Phi) is 6.30. The van der Waals surface area contributed by atoms with Crippen molar-refractivity contribution in [1.29, 1.82) is 0 Å². The van der Waals surface area contributed by atoms with Crippen LogP contribution < -0.4 is 4.90 Å². The van der Waals surface area contributed by atoms with Crippen LogP contribution in [0.25, 0.3) is 0 Å². The van der Waals surface area contributed by atoms with E-state index >= 15 is 0 Å². The van der Waals surface area contributed by atoms with E-state index in [0.717, 1.165) is 69.4 Å². The quantitative estimate of drug-likeness (QED) is 0.767. The highest BCUT2D eigenvalue weighted by molar-refractivity contribution is 6.30. The fraction of sp³-hybridized carbons (Fsp3) is 0.435. The van der Waals surface area contributed by atoms with E-state index in [-0.39, 0.29) is 5.91 Å². The van der Waals surface area contributed by atoms with Crippen molar-refractivity contribution in [3.63, 3.8) is 0 Å². The van der Waals surface area contributed by atoms with Crippen molar-refractivity contribution >= 4 is 23.2 Å². The summed E-state index contributed by atoms with van der Waals surface area (Å²) in [5, 5.41) is 0.788. The highest BCUT2D eigenvalue weighted by Crippen LogP contribution is 2.27. The molecule has 0 aliphatic carbocycles. The molecule has 2 aliphatic rings. The van der Waals surface area contributed by atoms with Gasteiger partial charge in [-0.15, -0.1) is 0 Å². The van der Waals surface area contributed by atoms with Crippen molar-refractivity contribution < 1.29 is 4.79 Å². The summed E-state index contributed by atoms with van der Waals surface area (Å²) < 4.78 is 0. The van der Waals surface area contributed by atoms with Gasteiger partial charge < -0.3 is 9.80 Å². The third kappa shape index (κ3) is 4.75. The van der Waals surface area contributed by atoms with E-state index < -0.39 is 0 Å². The zero-order chi connectivity index (χ0) is 19.3. The Morgan fingerprint density at radius 2 is 1.64 bits per heavy atom. The Balaban J connectivity index is 1.25. The molecule has 0 saturated carbocycles. The minimum absolute atomic E-state index is 0.257. The number of para-hydroxylation sites is 1. The number of hydrogen-bond donors (Lipinski definition) is 0. The van der Waals surface area contributed by atoms with Gasteiger partial charge in [0.1, 0.15) is 0 Å². The number of carbonyl (C=O) groups is 1. The number of nitrogens with zero attached hydrogens (tertiary/aromatic N) is 3. The summed E-state index contributed by atoms with van der Waals surface area (Å²) in [5.74, 6) is 0.257. The van der Waals surface area contributed by atoms with Crippen LogP contribution in [0.1, 0.15) is 24.0 Å². The van der Waals surface area contributed by atoms with Crippen molar-refractivity contribution in [2.24, 2.45) is 0 Å². The van der Waals surface area contributed by atoms with Crippen LogP contribution in [0.4, 0.5) is 5.69 Å². The summed E-state index contributed by atoms with van der Waals surface area (Å²) in [5.41, 5.74) is 3.71. The Labute approximate surface area is 172 Å². The summed E-state index contributed by atoms with van der Waals surface area (Å²) in [6.07, 6.45) is 2.73. The van der Waals surface area contributed by atoms with E-state index in [1.807, 2.05) is 23.1 Å². The molecule has 2 aliphatic heterocycles. The zero-order valence-electron chi connectivity index (χ0n) is 16.3. The van der Waals surface area contributed by atoms with Crippen LogP contribution in [0, 0.1) is 0 Å². The molecule has 0 aromatic heterocycles. The molecule has 1 amide bonds. The maximum Gasteiger partial charge on any atom is 0.228 e. The Bertz CT molecular complexity index is 808. The maximum absolute atomic E-state index is 12.7. The van der Waals surface area contributed by atoms with Crippen LogP contribution in [-0.4, -0.2) is 55.0 Å². The molecule has 5 heteroatoms. The lowest BCUT2D eigenvalue weighted by Gasteiger charge is -2.23. The third-order valence-corrected chi connectivity index (χ3v) is 6.08. The molecule has 2 heterocycles. The standard InChI is InChI=1S/C23H28ClN3O/c24-21-8-6-19(7-9-21)18-26-13-3-12-25(16-17-26)14-11-23(28)27-15-10-20-4-1-2-5-22(20)27/h1-2,4-9H,3,10-18H2. The predicted molar refractivity (Wildman–Crippen MR) is 115 cm³/mol. The fourth-order valence-corrected chi connectivity index (χ4v) is 4.37. The highest BCUT2D eigenvalue weighted by atomic mass is 35.5. The van der Waals surface area contributed by atoms with Gasteiger partial charge in [0, 0.05) is 49.9 Å². The molecule has 4 nitrogen and oxygen atoms in total. The second-order valence-electron chi connectivity index (χ2n) is 7.77. The first-order chi connectivity index (χ1) is 13.7. The molecule has 1 fully saturated rings. The van der Waals surface area contributed by atoms with Gasteiger partial charge in [0.25, 0.3) is 0 Å². The van der Waals surface area contributed by atoms with Crippen LogP contribution in [0.3, 0.4) is 0 Å². The lowest BCUT2D eigenvalue weighted by atomic mass is 10.2. The molecular weight excluding hydrogens is 370 g/mol. The predicted octanol–water partition coefficient (Wildman–Crippen LogP) is 3.83. The van der Waals surface area contributed by atoms with Gasteiger partial charge in [-0.3, -0.25) is 9.69 Å². The average Bonchev–Trinajstić information content (AvgIpc) is 3.02. The first-order valence-corrected chi connectivity index (χ1v) is 10.6. The molecule has 148 valence electrons. The number of rotatable bonds is 5. The van der Waals surface area contributed by atoms with Crippen molar-refractivity contribution in [3.05, 3.63) is 64.7 Å². The van der Waals surface area contributed by atoms with E-state index in [1.54, 1.807) is 0 Å². The number of carbonyl (C=O) groups excluding carboxylic acids is 1. The number of anilines is 1. The third-order valence-electron chi connectivity index (χ3n) is 5.83. The number of fused-ring (bicyclic) bond motifs is 1. The molecule has 2 aromatic carbocycles. The second-order valence-corrected chi connectivity index (χ2v) is 8.21. The molecule has 0 spiro atoms. The van der Waals surface area contributed by atoms with E-state index in [1.165, 1.54) is 11.1 Å². The van der Waals surface area contributed by atoms with Gasteiger partial charge in [0.05, 0.1) is 0 Å². The van der Waals surface area contributed by atoms with Gasteiger partial charge >= 0.3 is 0 Å². The monoisotopic (exact) mass is 397 g/mol. The van der Waals surface area contributed by atoms with Gasteiger partial charge in [0.15, 0.2) is 0 Å². The van der Waals surface area contributed by atoms with Gasteiger partial charge in [-0.1, -0.05) is 41.9 Å². The molecule has 4 rings (SSSR count). The molecule has 28 heavy (non-hydrogen) atoms. The van der Waals surface area contributed by atoms with E-state index in [9.17, 15) is 4.79 Å². The fourth-order valence-electron chi connectivity index (χ4n) is 4.24. The number of amides is 1. The maximum atomic E-state index is 12.7. The molecular formula is C23H28ClN3O. The van der Waals surface area contributed by atoms with Crippen molar-refractivity contribution in [2.45, 2.75) is 25.8 Å². The van der Waals surface area contributed by atoms with Crippen molar-refractivity contribution in [2.75, 3.05) is 44.2 Å². The topological polar surface area (TPSA) is 26.8 Å². The molecule has 0 N–H and O–H groups in total. The largest absolute Gasteiger partial charge is 0.312 e. The van der Waals surface area contributed by atoms with Gasteiger partial charge in [0.2, 0.25) is 5.91 Å². The highest BCUT2D eigenvalue weighted by Gasteiger charge is 2.24. The number of benzene rings is 2. The van der Waals surface area contributed by atoms with Crippen LogP contribution >= 0.6 is 11.6 Å². The minimum Gasteiger partial charge on any atom is -0.312 e. The smallest absolute Gasteiger partial charge is 0.228 e. The van der Waals surface area contributed by atoms with Crippen molar-refractivity contribution in [3.8, 4) is 0 Å². The van der Waals surface area contributed by atoms with E-state index in [4.69, 9.17) is 11.6 Å². The average molecular weight is 398 g/mol. The summed E-state index contributed by atoms with van der Waals surface area (Å²) in [6, 6.07) is 16.4. The van der Waals surface area contributed by atoms with Gasteiger partial charge in [-0.25, -0.2) is 0 Å². The summed E-state index contributed by atoms with van der Waals surface area (Å²) >= 11 is 5.98. The number of halogens is 1. The number of hydrogen-bond acceptors (Lipinski definition) is 3. The van der Waals surface area contributed by atoms with Crippen LogP contribution in [0.15, 0.2) is 48.5 Å². The van der Waals surface area contributed by atoms with Crippen LogP contribution in [0.2, 0.25) is 5.02 Å². The Hall–Kier alpha value is -1.88. The molecule has 2 aromatic rings. The lowest BCUT2D eigenvalue weighted by molar-refractivity contribution is -0.118. The van der Waals surface area contributed by atoms with Gasteiger partial charge in [-0.2, -0.15) is 0 Å². The zero-order valence-corrected chi connectivity index (χ0v) is 17.1. The summed E-state index contributed by atoms with van der Waals surface area (Å²) in [4.78, 5) is 19.7. The first-order valence-electron chi connectivity index (χ1n) is 10.3. The van der Waals surface area contributed by atoms with E-state index in [0.29, 0.717) is 6.42 Å². The molecule has 0 radical (unpaired) electrons. The Morgan fingerprint density at radius 1 is 0.893 bits per heavy atom. The molecule has 0 unspecified atom stereocenters. The SMILES string of the molecule is O=C(CCN1CCCN(Cc2ccc(Cl)cc2)CC1)N1CCc2ccccc21. The van der Waals surface area contributed by atoms with Crippen LogP contribution in [-0.2, 0) is 17.8 Å². The second kappa shape index (κ2) is 9.08. The van der Waals surface area contributed by atoms with Crippen LogP contribution in [0.5, 0.6) is 0 Å². The summed E-state index contributed by atoms with van der Waals surface area (Å²) in [6.45, 7) is 6.89. The lowest BCUT2D eigenvalue weighted by Crippen LogP contribution is -2.35. The minimum atomic E-state index is 0.257. The van der Waals surface area contributed by atoms with Gasteiger partial charge in [-0.05, 0) is 55.3 Å². The first kappa shape index (κ1) is 19.4. The molecule has 0 bridgehead atoms. The molecule has 0 atom stereocenters. The normalized spacial score (nSPS) is 18.1. The molecule has 1 saturated heterocycles. The van der Waals surface area contributed by atoms with E-state index in [2.05, 4.69) is 40.1 Å². The Morgan fingerprint density at radius 3 is 2.50 bits per heavy atom.